The van der Waals surface area contributed by atoms with Crippen LogP contribution in [-0.2, 0) is 0 Å². The van der Waals surface area contributed by atoms with Gasteiger partial charge in [0.1, 0.15) is 0 Å². The lowest BCUT2D eigenvalue weighted by Gasteiger charge is -2.37. The molecule has 68 valence electrons. The summed E-state index contributed by atoms with van der Waals surface area (Å²) in [6, 6.07) is -0.0622. The fourth-order valence-electron chi connectivity index (χ4n) is 1.32. The van der Waals surface area contributed by atoms with E-state index in [1.165, 1.54) is 10.0 Å². The number of hydrogen-bond donors (Lipinski definition) is 0. The van der Waals surface area contributed by atoms with Crippen molar-refractivity contribution in [3.63, 3.8) is 0 Å². The lowest BCUT2D eigenvalue weighted by atomic mass is 10.2. The van der Waals surface area contributed by atoms with Gasteiger partial charge >= 0.3 is 0 Å². The van der Waals surface area contributed by atoms with Gasteiger partial charge in [0.05, 0.1) is 35.7 Å². The van der Waals surface area contributed by atoms with Crippen LogP contribution in [0.4, 0.5) is 0 Å². The molecule has 1 heterocycles. The summed E-state index contributed by atoms with van der Waals surface area (Å²) in [5.74, 6) is 0. The number of nitrogens with zero attached hydrogens (tertiary/aromatic N) is 4. The van der Waals surface area contributed by atoms with Gasteiger partial charge in [-0.2, -0.15) is 0 Å². The van der Waals surface area contributed by atoms with E-state index in [1.54, 1.807) is 0 Å². The van der Waals surface area contributed by atoms with Crippen molar-refractivity contribution in [1.82, 2.24) is 10.0 Å². The molecule has 0 bridgehead atoms. The molecule has 0 aromatic carbocycles. The predicted molar refractivity (Wildman–Crippen MR) is 43.9 cm³/mol. The molecule has 1 saturated heterocycles. The Morgan fingerprint density at radius 1 is 1.00 bits per heavy atom. The normalized spacial score (nSPS) is 30.2. The zero-order valence-electron chi connectivity index (χ0n) is 7.17. The standard InChI is InChI=1S/C6H12N4O2/c1-5-3-10(8-12)6(2)4-9(5)7-11/h5-6H,3-4H2,1-2H3/t5-,6+. The molecule has 2 atom stereocenters. The summed E-state index contributed by atoms with van der Waals surface area (Å²) in [5.41, 5.74) is 0. The Bertz CT molecular complexity index is 166. The number of rotatable bonds is 2. The van der Waals surface area contributed by atoms with Gasteiger partial charge < -0.3 is 0 Å². The quantitative estimate of drug-likeness (QED) is 0.576. The topological polar surface area (TPSA) is 65.3 Å². The Labute approximate surface area is 70.4 Å². The minimum Gasteiger partial charge on any atom is -0.254 e. The molecule has 0 amide bonds. The lowest BCUT2D eigenvalue weighted by molar-refractivity contribution is 0.0440. The minimum atomic E-state index is -0.0311. The molecule has 6 nitrogen and oxygen atoms in total. The fraction of sp³-hybridized carbons (Fsp3) is 1.00. The number of nitroso groups, excluding NO2 is 2. The highest BCUT2D eigenvalue weighted by Gasteiger charge is 2.28. The molecule has 6 heteroatoms. The van der Waals surface area contributed by atoms with E-state index in [9.17, 15) is 9.81 Å². The maximum absolute atomic E-state index is 10.3. The second-order valence-corrected chi connectivity index (χ2v) is 3.11. The first-order valence-corrected chi connectivity index (χ1v) is 3.89. The molecule has 0 saturated carbocycles. The second kappa shape index (κ2) is 3.46. The van der Waals surface area contributed by atoms with Crippen molar-refractivity contribution >= 4 is 0 Å². The van der Waals surface area contributed by atoms with E-state index in [-0.39, 0.29) is 12.1 Å². The van der Waals surface area contributed by atoms with Crippen molar-refractivity contribution in [2.75, 3.05) is 13.1 Å². The van der Waals surface area contributed by atoms with Crippen molar-refractivity contribution in [1.29, 1.82) is 0 Å². The molecule has 12 heavy (non-hydrogen) atoms. The summed E-state index contributed by atoms with van der Waals surface area (Å²) in [6.45, 7) is 4.61. The average Bonchev–Trinajstić information content (AvgIpc) is 2.08. The van der Waals surface area contributed by atoms with Crippen LogP contribution in [0.1, 0.15) is 13.8 Å². The summed E-state index contributed by atoms with van der Waals surface area (Å²) in [7, 11) is 0. The van der Waals surface area contributed by atoms with Crippen LogP contribution in [0.25, 0.3) is 0 Å². The molecular formula is C6H12N4O2. The molecule has 1 rings (SSSR count). The van der Waals surface area contributed by atoms with E-state index < -0.39 is 0 Å². The molecule has 1 aliphatic rings. The van der Waals surface area contributed by atoms with Crippen LogP contribution in [0.3, 0.4) is 0 Å². The van der Waals surface area contributed by atoms with Crippen LogP contribution in [0, 0.1) is 9.81 Å². The van der Waals surface area contributed by atoms with Crippen LogP contribution in [-0.4, -0.2) is 35.2 Å². The van der Waals surface area contributed by atoms with Crippen LogP contribution >= 0.6 is 0 Å². The first kappa shape index (κ1) is 8.89. The first-order chi connectivity index (χ1) is 5.69. The molecule has 0 aliphatic carbocycles. The molecule has 0 aromatic rings. The Balaban J connectivity index is 2.60. The van der Waals surface area contributed by atoms with Gasteiger partial charge in [-0.1, -0.05) is 0 Å². The summed E-state index contributed by atoms with van der Waals surface area (Å²) in [6.07, 6.45) is 0. The second-order valence-electron chi connectivity index (χ2n) is 3.11. The van der Waals surface area contributed by atoms with Crippen LogP contribution < -0.4 is 0 Å². The SMILES string of the molecule is C[C@@H]1CN(N=O)[C@@H](C)CN1N=O. The average molecular weight is 172 g/mol. The number of hydrogen-bond acceptors (Lipinski definition) is 4. The monoisotopic (exact) mass is 172 g/mol. The van der Waals surface area contributed by atoms with Gasteiger partial charge in [-0.3, -0.25) is 10.0 Å². The Morgan fingerprint density at radius 2 is 1.33 bits per heavy atom. The zero-order chi connectivity index (χ0) is 9.14. The molecule has 0 radical (unpaired) electrons. The molecule has 0 N–H and O–H groups in total. The maximum Gasteiger partial charge on any atom is 0.0668 e. The first-order valence-electron chi connectivity index (χ1n) is 3.89. The van der Waals surface area contributed by atoms with Crippen molar-refractivity contribution in [3.05, 3.63) is 9.81 Å². The van der Waals surface area contributed by atoms with Gasteiger partial charge in [0.2, 0.25) is 0 Å². The highest BCUT2D eigenvalue weighted by atomic mass is 16.3. The van der Waals surface area contributed by atoms with Crippen molar-refractivity contribution in [2.45, 2.75) is 25.9 Å². The van der Waals surface area contributed by atoms with Crippen molar-refractivity contribution in [3.8, 4) is 0 Å². The summed E-state index contributed by atoms with van der Waals surface area (Å²) >= 11 is 0. The van der Waals surface area contributed by atoms with Gasteiger partial charge in [0, 0.05) is 0 Å². The van der Waals surface area contributed by atoms with E-state index in [1.807, 2.05) is 13.8 Å². The number of piperazine rings is 1. The Kier molecular flexibility index (Phi) is 2.57. The van der Waals surface area contributed by atoms with Crippen molar-refractivity contribution < 1.29 is 0 Å². The predicted octanol–water partition coefficient (Wildman–Crippen LogP) is 0.744. The maximum atomic E-state index is 10.3. The summed E-state index contributed by atoms with van der Waals surface area (Å²) in [4.78, 5) is 20.5. The van der Waals surface area contributed by atoms with Gasteiger partial charge in [-0.25, -0.2) is 0 Å². The van der Waals surface area contributed by atoms with Crippen LogP contribution in [0.15, 0.2) is 10.6 Å². The third kappa shape index (κ3) is 1.51. The van der Waals surface area contributed by atoms with Gasteiger partial charge in [0.15, 0.2) is 0 Å². The fourth-order valence-corrected chi connectivity index (χ4v) is 1.32. The highest BCUT2D eigenvalue weighted by Crippen LogP contribution is 2.14. The Hall–Kier alpha value is -1.20. The van der Waals surface area contributed by atoms with Gasteiger partial charge in [-0.15, -0.1) is 9.81 Å². The van der Waals surface area contributed by atoms with Crippen LogP contribution in [0.5, 0.6) is 0 Å². The van der Waals surface area contributed by atoms with E-state index in [0.717, 1.165) is 0 Å². The molecule has 0 aromatic heterocycles. The smallest absolute Gasteiger partial charge is 0.0668 e. The van der Waals surface area contributed by atoms with E-state index in [4.69, 9.17) is 0 Å². The zero-order valence-corrected chi connectivity index (χ0v) is 7.17. The Morgan fingerprint density at radius 3 is 1.58 bits per heavy atom. The minimum absolute atomic E-state index is 0.0311. The molecule has 1 fully saturated rings. The van der Waals surface area contributed by atoms with E-state index >= 15 is 0 Å². The third-order valence-electron chi connectivity index (χ3n) is 2.13. The van der Waals surface area contributed by atoms with E-state index in [2.05, 4.69) is 10.6 Å². The summed E-state index contributed by atoms with van der Waals surface area (Å²) < 4.78 is 0. The molecule has 1 aliphatic heterocycles. The third-order valence-corrected chi connectivity index (χ3v) is 2.13. The van der Waals surface area contributed by atoms with Crippen LogP contribution in [0.2, 0.25) is 0 Å². The largest absolute Gasteiger partial charge is 0.254 e. The summed E-state index contributed by atoms with van der Waals surface area (Å²) in [5, 5.41) is 8.59. The van der Waals surface area contributed by atoms with E-state index in [0.29, 0.717) is 13.1 Å². The van der Waals surface area contributed by atoms with Gasteiger partial charge in [-0.05, 0) is 13.8 Å². The molecule has 0 spiro atoms. The molecule has 0 unspecified atom stereocenters. The lowest BCUT2D eigenvalue weighted by Crippen LogP contribution is -2.51. The molecular weight excluding hydrogens is 160 g/mol. The van der Waals surface area contributed by atoms with Gasteiger partial charge in [0.25, 0.3) is 0 Å². The highest BCUT2D eigenvalue weighted by molar-refractivity contribution is 4.80. The van der Waals surface area contributed by atoms with Crippen molar-refractivity contribution in [2.24, 2.45) is 10.6 Å².